The van der Waals surface area contributed by atoms with Gasteiger partial charge in [-0.2, -0.15) is 5.26 Å². The molecule has 2 aromatic rings. The van der Waals surface area contributed by atoms with E-state index in [4.69, 9.17) is 10.4 Å². The summed E-state index contributed by atoms with van der Waals surface area (Å²) < 4.78 is 0. The lowest BCUT2D eigenvalue weighted by Gasteiger charge is -2.10. The van der Waals surface area contributed by atoms with E-state index >= 15 is 0 Å². The largest absolute Gasteiger partial charge is 0.480 e. The Morgan fingerprint density at radius 3 is 2.52 bits per heavy atom. The number of carbonyl (C=O) groups is 1. The first-order chi connectivity index (χ1) is 10.1. The summed E-state index contributed by atoms with van der Waals surface area (Å²) in [4.78, 5) is 10.7. The number of carboxylic acid groups (broad SMARTS) is 1. The number of hydrogen-bond acceptors (Lipinski definition) is 3. The summed E-state index contributed by atoms with van der Waals surface area (Å²) in [5, 5.41) is 20.9. The van der Waals surface area contributed by atoms with Crippen LogP contribution < -0.4 is 5.32 Å². The fourth-order valence-electron chi connectivity index (χ4n) is 1.99. The molecular formula is C17H16N2O2. The van der Waals surface area contributed by atoms with E-state index in [1.165, 1.54) is 0 Å². The normalized spacial score (nSPS) is 11.6. The van der Waals surface area contributed by atoms with E-state index < -0.39 is 12.0 Å². The predicted molar refractivity (Wildman–Crippen MR) is 80.5 cm³/mol. The highest BCUT2D eigenvalue weighted by Crippen LogP contribution is 2.23. The van der Waals surface area contributed by atoms with Crippen LogP contribution in [-0.2, 0) is 11.3 Å². The smallest absolute Gasteiger partial charge is 0.320 e. The Kier molecular flexibility index (Phi) is 4.70. The zero-order chi connectivity index (χ0) is 15.2. The second-order valence-corrected chi connectivity index (χ2v) is 4.80. The van der Waals surface area contributed by atoms with Crippen molar-refractivity contribution in [1.29, 1.82) is 5.26 Å². The maximum Gasteiger partial charge on any atom is 0.320 e. The molecule has 0 heterocycles. The number of aliphatic carboxylic acids is 1. The summed E-state index contributed by atoms with van der Waals surface area (Å²) in [6.45, 7) is 2.10. The molecule has 21 heavy (non-hydrogen) atoms. The molecule has 2 aromatic carbocycles. The van der Waals surface area contributed by atoms with Crippen LogP contribution >= 0.6 is 0 Å². The molecule has 106 valence electrons. The minimum Gasteiger partial charge on any atom is -0.480 e. The maximum absolute atomic E-state index is 10.7. The van der Waals surface area contributed by atoms with Crippen molar-refractivity contribution in [2.24, 2.45) is 0 Å². The molecule has 0 aliphatic rings. The Hall–Kier alpha value is -2.64. The molecule has 0 radical (unpaired) electrons. The van der Waals surface area contributed by atoms with Gasteiger partial charge < -0.3 is 10.4 Å². The maximum atomic E-state index is 10.7. The van der Waals surface area contributed by atoms with Gasteiger partial charge in [-0.25, -0.2) is 0 Å². The SMILES string of the molecule is CC(NCc1ccc(-c2ccccc2C#N)cc1)C(=O)O. The van der Waals surface area contributed by atoms with Crippen LogP contribution in [0.3, 0.4) is 0 Å². The van der Waals surface area contributed by atoms with E-state index in [9.17, 15) is 4.79 Å². The van der Waals surface area contributed by atoms with Crippen LogP contribution in [0.5, 0.6) is 0 Å². The third kappa shape index (κ3) is 3.68. The molecule has 4 nitrogen and oxygen atoms in total. The highest BCUT2D eigenvalue weighted by Gasteiger charge is 2.09. The van der Waals surface area contributed by atoms with E-state index in [2.05, 4.69) is 11.4 Å². The average molecular weight is 280 g/mol. The van der Waals surface area contributed by atoms with Crippen molar-refractivity contribution in [3.63, 3.8) is 0 Å². The fourth-order valence-corrected chi connectivity index (χ4v) is 1.99. The first-order valence-electron chi connectivity index (χ1n) is 6.66. The Morgan fingerprint density at radius 2 is 1.90 bits per heavy atom. The van der Waals surface area contributed by atoms with Crippen molar-refractivity contribution in [3.05, 3.63) is 59.7 Å². The Morgan fingerprint density at radius 1 is 1.24 bits per heavy atom. The number of nitrogens with zero attached hydrogens (tertiary/aromatic N) is 1. The third-order valence-electron chi connectivity index (χ3n) is 3.30. The van der Waals surface area contributed by atoms with Crippen LogP contribution in [0.4, 0.5) is 0 Å². The van der Waals surface area contributed by atoms with Crippen LogP contribution in [0.2, 0.25) is 0 Å². The fraction of sp³-hybridized carbons (Fsp3) is 0.176. The third-order valence-corrected chi connectivity index (χ3v) is 3.30. The minimum atomic E-state index is -0.866. The molecule has 1 unspecified atom stereocenters. The monoisotopic (exact) mass is 280 g/mol. The standard InChI is InChI=1S/C17H16N2O2/c1-12(17(20)21)19-11-13-6-8-14(9-7-13)16-5-3-2-4-15(16)10-18/h2-9,12,19H,11H2,1H3,(H,20,21). The van der Waals surface area contributed by atoms with Gasteiger partial charge in [0.05, 0.1) is 11.6 Å². The van der Waals surface area contributed by atoms with E-state index in [1.807, 2.05) is 42.5 Å². The molecule has 1 atom stereocenters. The molecular weight excluding hydrogens is 264 g/mol. The highest BCUT2D eigenvalue weighted by atomic mass is 16.4. The summed E-state index contributed by atoms with van der Waals surface area (Å²) in [5.74, 6) is -0.866. The van der Waals surface area contributed by atoms with Gasteiger partial charge in [0.25, 0.3) is 0 Å². The van der Waals surface area contributed by atoms with Gasteiger partial charge in [0, 0.05) is 6.54 Å². The van der Waals surface area contributed by atoms with Crippen LogP contribution in [0, 0.1) is 11.3 Å². The van der Waals surface area contributed by atoms with E-state index in [0.717, 1.165) is 16.7 Å². The summed E-state index contributed by atoms with van der Waals surface area (Å²) in [6.07, 6.45) is 0. The molecule has 0 saturated carbocycles. The molecule has 0 bridgehead atoms. The molecule has 0 fully saturated rings. The first-order valence-corrected chi connectivity index (χ1v) is 6.66. The molecule has 0 aliphatic heterocycles. The predicted octanol–water partition coefficient (Wildman–Crippen LogP) is 2.79. The van der Waals surface area contributed by atoms with Gasteiger partial charge in [-0.15, -0.1) is 0 Å². The van der Waals surface area contributed by atoms with Crippen molar-refractivity contribution in [3.8, 4) is 17.2 Å². The highest BCUT2D eigenvalue weighted by molar-refractivity contribution is 5.73. The van der Waals surface area contributed by atoms with Crippen LogP contribution in [0.1, 0.15) is 18.1 Å². The van der Waals surface area contributed by atoms with Crippen molar-refractivity contribution in [1.82, 2.24) is 5.32 Å². The van der Waals surface area contributed by atoms with Crippen LogP contribution in [0.25, 0.3) is 11.1 Å². The van der Waals surface area contributed by atoms with Crippen molar-refractivity contribution in [2.45, 2.75) is 19.5 Å². The van der Waals surface area contributed by atoms with Gasteiger partial charge in [-0.3, -0.25) is 4.79 Å². The summed E-state index contributed by atoms with van der Waals surface area (Å²) >= 11 is 0. The molecule has 0 amide bonds. The van der Waals surface area contributed by atoms with E-state index in [1.54, 1.807) is 13.0 Å². The quantitative estimate of drug-likeness (QED) is 0.883. The molecule has 0 spiro atoms. The van der Waals surface area contributed by atoms with E-state index in [0.29, 0.717) is 12.1 Å². The number of benzene rings is 2. The molecule has 0 aromatic heterocycles. The molecule has 2 N–H and O–H groups in total. The van der Waals surface area contributed by atoms with E-state index in [-0.39, 0.29) is 0 Å². The number of hydrogen-bond donors (Lipinski definition) is 2. The summed E-state index contributed by atoms with van der Waals surface area (Å²) in [5.41, 5.74) is 3.52. The Balaban J connectivity index is 2.12. The molecule has 4 heteroatoms. The van der Waals surface area contributed by atoms with Gasteiger partial charge in [-0.1, -0.05) is 42.5 Å². The zero-order valence-electron chi connectivity index (χ0n) is 11.7. The number of nitrogens with one attached hydrogen (secondary N) is 1. The molecule has 0 saturated heterocycles. The number of carboxylic acids is 1. The van der Waals surface area contributed by atoms with Crippen molar-refractivity contribution >= 4 is 5.97 Å². The first kappa shape index (κ1) is 14.8. The Bertz CT molecular complexity index is 672. The average Bonchev–Trinajstić information content (AvgIpc) is 2.53. The summed E-state index contributed by atoms with van der Waals surface area (Å²) in [7, 11) is 0. The zero-order valence-corrected chi connectivity index (χ0v) is 11.7. The van der Waals surface area contributed by atoms with Crippen molar-refractivity contribution in [2.75, 3.05) is 0 Å². The number of nitriles is 1. The summed E-state index contributed by atoms with van der Waals surface area (Å²) in [6, 6.07) is 16.8. The van der Waals surface area contributed by atoms with Crippen molar-refractivity contribution < 1.29 is 9.90 Å². The lowest BCUT2D eigenvalue weighted by Crippen LogP contribution is -2.33. The van der Waals surface area contributed by atoms with Crippen LogP contribution in [0.15, 0.2) is 48.5 Å². The molecule has 0 aliphatic carbocycles. The lowest BCUT2D eigenvalue weighted by atomic mass is 9.99. The van der Waals surface area contributed by atoms with Gasteiger partial charge in [0.1, 0.15) is 6.04 Å². The van der Waals surface area contributed by atoms with Gasteiger partial charge >= 0.3 is 5.97 Å². The second-order valence-electron chi connectivity index (χ2n) is 4.80. The van der Waals surface area contributed by atoms with Gasteiger partial charge in [0.15, 0.2) is 0 Å². The van der Waals surface area contributed by atoms with Gasteiger partial charge in [0.2, 0.25) is 0 Å². The Labute approximate surface area is 123 Å². The van der Waals surface area contributed by atoms with Crippen LogP contribution in [-0.4, -0.2) is 17.1 Å². The topological polar surface area (TPSA) is 73.1 Å². The second kappa shape index (κ2) is 6.69. The lowest BCUT2D eigenvalue weighted by molar-refractivity contribution is -0.139. The number of rotatable bonds is 5. The minimum absolute atomic E-state index is 0.494. The molecule has 2 rings (SSSR count). The van der Waals surface area contributed by atoms with Gasteiger partial charge in [-0.05, 0) is 29.7 Å².